The van der Waals surface area contributed by atoms with Gasteiger partial charge in [0.1, 0.15) is 12.1 Å². The number of carboxylic acids is 4. The van der Waals surface area contributed by atoms with Crippen molar-refractivity contribution in [1.82, 2.24) is 0 Å². The van der Waals surface area contributed by atoms with Crippen molar-refractivity contribution in [2.45, 2.75) is 147 Å². The van der Waals surface area contributed by atoms with Crippen LogP contribution in [0.25, 0.3) is 0 Å². The average molecular weight is 585 g/mol. The van der Waals surface area contributed by atoms with Crippen LogP contribution in [0.4, 0.5) is 0 Å². The second-order valence-corrected chi connectivity index (χ2v) is 11.3. The Bertz CT molecular complexity index is 644. The molecule has 0 radical (unpaired) electrons. The Labute approximate surface area is 257 Å². The first-order chi connectivity index (χ1) is 18.8. The van der Waals surface area contributed by atoms with Crippen LogP contribution in [0.2, 0.25) is 0 Å². The summed E-state index contributed by atoms with van der Waals surface area (Å²) in [6, 6.07) is -2.12. The standard InChI is InChI=1S/C18H35O.2C5H9NO4.Na/c1-2-3-4-5-6-7-8-9-10-11-12-13-14-15-16-17-18-19;2*6-3(5(9)10)1-2-4(7)8;/h2-17H2,1H3;2*3H,1-2,6H2,(H,7,8)(H,9,10);/t;2*3-;/m.00./s1. The maximum absolute atomic E-state index is 10.8. The van der Waals surface area contributed by atoms with Crippen molar-refractivity contribution in [3.8, 4) is 0 Å². The molecule has 11 nitrogen and oxygen atoms in total. The van der Waals surface area contributed by atoms with Gasteiger partial charge in [-0.1, -0.05) is 39.0 Å². The molecule has 2 atom stereocenters. The number of hydrogen-bond acceptors (Lipinski definition) is 7. The third kappa shape index (κ3) is 41.0. The molecular weight excluding hydrogens is 531 g/mol. The van der Waals surface area contributed by atoms with Gasteiger partial charge in [-0.05, 0) is 12.8 Å². The predicted octanol–water partition coefficient (Wildman–Crippen LogP) is 4.47. The van der Waals surface area contributed by atoms with Gasteiger partial charge in [-0.25, -0.2) is 0 Å². The smallest absolute Gasteiger partial charge is 0.320 e. The molecule has 0 aromatic rings. The fourth-order valence-corrected chi connectivity index (χ4v) is 3.90. The van der Waals surface area contributed by atoms with Gasteiger partial charge in [-0.15, -0.1) is 0 Å². The van der Waals surface area contributed by atoms with E-state index >= 15 is 0 Å². The molecule has 0 spiro atoms. The number of aliphatic carboxylic acids is 4. The molecular formula is C28H53N2NaO9. The molecule has 40 heavy (non-hydrogen) atoms. The van der Waals surface area contributed by atoms with Crippen LogP contribution in [0.5, 0.6) is 0 Å². The topological polar surface area (TPSA) is 218 Å². The van der Waals surface area contributed by atoms with Gasteiger partial charge in [-0.3, -0.25) is 19.2 Å². The number of carbonyl (C=O) groups excluding carboxylic acids is 1. The molecule has 0 amide bonds. The molecule has 230 valence electrons. The zero-order valence-electron chi connectivity index (χ0n) is 24.8. The normalized spacial score (nSPS) is 11.7. The van der Waals surface area contributed by atoms with Crippen molar-refractivity contribution in [2.75, 3.05) is 0 Å². The van der Waals surface area contributed by atoms with E-state index < -0.39 is 36.0 Å². The van der Waals surface area contributed by atoms with E-state index in [0.717, 1.165) is 40.8 Å². The molecule has 0 aromatic heterocycles. The first-order valence-electron chi connectivity index (χ1n) is 14.7. The molecule has 0 heterocycles. The number of carboxylic acid groups (broad SMARTS) is 4. The third-order valence-corrected chi connectivity index (χ3v) is 6.61. The molecule has 0 rings (SSSR count). The van der Waals surface area contributed by atoms with Gasteiger partial charge in [-0.2, -0.15) is 0 Å². The largest absolute Gasteiger partial charge is 0.481 e. The summed E-state index contributed by atoms with van der Waals surface area (Å²) in [5.41, 5.74) is 10.0. The Balaban J connectivity index is -0.000000573. The Kier molecular flexibility index (Phi) is 34.3. The predicted molar refractivity (Wildman–Crippen MR) is 155 cm³/mol. The minimum Gasteiger partial charge on any atom is -0.481 e. The van der Waals surface area contributed by atoms with E-state index in [1.54, 1.807) is 0 Å². The molecule has 0 fully saturated rings. The molecule has 12 heteroatoms. The molecule has 0 aliphatic carbocycles. The summed E-state index contributed by atoms with van der Waals surface area (Å²) in [7, 11) is 0. The van der Waals surface area contributed by atoms with E-state index in [9.17, 15) is 24.0 Å². The van der Waals surface area contributed by atoms with Gasteiger partial charge in [0.05, 0.1) is 0 Å². The summed E-state index contributed by atoms with van der Waals surface area (Å²) in [6.45, 7) is 2.28. The fourth-order valence-electron chi connectivity index (χ4n) is 3.55. The minimum absolute atomic E-state index is 0.0231. The van der Waals surface area contributed by atoms with Crippen LogP contribution in [0.3, 0.4) is 0 Å². The van der Waals surface area contributed by atoms with Crippen LogP contribution >= 0.6 is 0 Å². The Morgan fingerprint density at radius 2 is 0.800 bits per heavy atom. The maximum Gasteiger partial charge on any atom is 0.320 e. The average Bonchev–Trinajstić information content (AvgIpc) is 2.88. The number of nitrogens with two attached hydrogens (primary N) is 2. The van der Waals surface area contributed by atoms with E-state index in [4.69, 9.17) is 31.9 Å². The van der Waals surface area contributed by atoms with Crippen molar-refractivity contribution >= 4 is 54.8 Å². The SMILES string of the molecule is CCCCCCCCCCCCCCCCC[C](=O)[Na].N[C@@H](CCC(=O)O)C(=O)O.N[C@@H](CCC(=O)O)C(=O)O. The molecule has 8 N–H and O–H groups in total. The van der Waals surface area contributed by atoms with Crippen LogP contribution in [-0.4, -0.2) is 87.4 Å². The van der Waals surface area contributed by atoms with Crippen LogP contribution < -0.4 is 11.5 Å². The van der Waals surface area contributed by atoms with Crippen molar-refractivity contribution in [3.63, 3.8) is 0 Å². The second-order valence-electron chi connectivity index (χ2n) is 10.2. The first kappa shape index (κ1) is 42.9. The quantitative estimate of drug-likeness (QED) is 0.0686. The van der Waals surface area contributed by atoms with Crippen molar-refractivity contribution in [1.29, 1.82) is 0 Å². The number of unbranched alkanes of at least 4 members (excludes halogenated alkanes) is 14. The van der Waals surface area contributed by atoms with Crippen molar-refractivity contribution in [3.05, 3.63) is 0 Å². The van der Waals surface area contributed by atoms with E-state index in [-0.39, 0.29) is 25.7 Å². The van der Waals surface area contributed by atoms with E-state index in [0.29, 0.717) is 3.03 Å². The van der Waals surface area contributed by atoms with E-state index in [2.05, 4.69) is 6.92 Å². The van der Waals surface area contributed by atoms with Crippen LogP contribution in [0.1, 0.15) is 135 Å². The number of rotatable bonds is 24. The second kappa shape index (κ2) is 32.0. The number of hydrogen-bond donors (Lipinski definition) is 6. The summed E-state index contributed by atoms with van der Waals surface area (Å²) >= 11 is 0.751. The summed E-state index contributed by atoms with van der Waals surface area (Å²) in [5.74, 6) is -4.39. The summed E-state index contributed by atoms with van der Waals surface area (Å²) in [4.78, 5) is 50.6. The third-order valence-electron chi connectivity index (χ3n) is 6.11. The van der Waals surface area contributed by atoms with E-state index in [1.165, 1.54) is 89.9 Å². The minimum atomic E-state index is -1.17. The molecule has 0 bridgehead atoms. The monoisotopic (exact) mass is 584 g/mol. The zero-order chi connectivity index (χ0) is 31.2. The first-order valence-corrected chi connectivity index (χ1v) is 15.7. The van der Waals surface area contributed by atoms with E-state index in [1.807, 2.05) is 0 Å². The van der Waals surface area contributed by atoms with Gasteiger partial charge in [0.2, 0.25) is 0 Å². The molecule has 0 aromatic carbocycles. The Morgan fingerprint density at radius 1 is 0.525 bits per heavy atom. The van der Waals surface area contributed by atoms with Gasteiger partial charge in [0.25, 0.3) is 0 Å². The van der Waals surface area contributed by atoms with Gasteiger partial charge >= 0.3 is 130 Å². The van der Waals surface area contributed by atoms with Crippen LogP contribution in [-0.2, 0) is 24.0 Å². The Morgan fingerprint density at radius 3 is 1.02 bits per heavy atom. The van der Waals surface area contributed by atoms with Crippen LogP contribution in [0, 0.1) is 0 Å². The van der Waals surface area contributed by atoms with Crippen molar-refractivity contribution in [2.24, 2.45) is 11.5 Å². The molecule has 0 aliphatic heterocycles. The summed E-state index contributed by atoms with van der Waals surface area (Å²) < 4.78 is 0.486. The molecule has 0 saturated heterocycles. The molecule has 0 unspecified atom stereocenters. The molecule has 0 saturated carbocycles. The zero-order valence-corrected chi connectivity index (χ0v) is 26.8. The van der Waals surface area contributed by atoms with Crippen molar-refractivity contribution < 1.29 is 44.4 Å². The number of carbonyl (C=O) groups is 5. The van der Waals surface area contributed by atoms with Gasteiger partial charge in [0.15, 0.2) is 0 Å². The summed E-state index contributed by atoms with van der Waals surface area (Å²) in [6.07, 6.45) is 21.3. The summed E-state index contributed by atoms with van der Waals surface area (Å²) in [5, 5.41) is 32.5. The fraction of sp³-hybridized carbons (Fsp3) is 0.821. The van der Waals surface area contributed by atoms with Crippen LogP contribution in [0.15, 0.2) is 0 Å². The maximum atomic E-state index is 10.8. The molecule has 0 aliphatic rings. The Hall–Kier alpha value is -1.53. The van der Waals surface area contributed by atoms with Gasteiger partial charge < -0.3 is 31.9 Å². The van der Waals surface area contributed by atoms with Gasteiger partial charge in [0, 0.05) is 12.8 Å².